The van der Waals surface area contributed by atoms with Gasteiger partial charge in [-0.2, -0.15) is 0 Å². The van der Waals surface area contributed by atoms with Gasteiger partial charge in [-0.25, -0.2) is 4.99 Å². The van der Waals surface area contributed by atoms with Gasteiger partial charge in [-0.05, 0) is 70.3 Å². The Kier molecular flexibility index (Phi) is 11.6. The van der Waals surface area contributed by atoms with Gasteiger partial charge in [0.25, 0.3) is 0 Å². The molecule has 0 aliphatic carbocycles. The lowest BCUT2D eigenvalue weighted by Crippen LogP contribution is -2.43. The highest BCUT2D eigenvalue weighted by Gasteiger charge is 2.18. The number of nitrogens with zero attached hydrogens (tertiary/aromatic N) is 2. The molecule has 0 spiro atoms. The van der Waals surface area contributed by atoms with E-state index in [0.29, 0.717) is 19.8 Å². The van der Waals surface area contributed by atoms with E-state index >= 15 is 0 Å². The first-order chi connectivity index (χ1) is 14.7. The molecular weight excluding hydrogens is 376 g/mol. The van der Waals surface area contributed by atoms with Crippen LogP contribution >= 0.6 is 0 Å². The van der Waals surface area contributed by atoms with Crippen LogP contribution < -0.4 is 15.4 Å². The van der Waals surface area contributed by atoms with Gasteiger partial charge in [-0.15, -0.1) is 0 Å². The summed E-state index contributed by atoms with van der Waals surface area (Å²) < 4.78 is 11.1. The number of ether oxygens (including phenoxy) is 2. The summed E-state index contributed by atoms with van der Waals surface area (Å²) in [5.74, 6) is 2.54. The van der Waals surface area contributed by atoms with Gasteiger partial charge >= 0.3 is 0 Å². The van der Waals surface area contributed by atoms with Crippen molar-refractivity contribution in [3.8, 4) is 5.75 Å². The van der Waals surface area contributed by atoms with E-state index in [4.69, 9.17) is 14.5 Å². The average Bonchev–Trinajstić information content (AvgIpc) is 2.75. The van der Waals surface area contributed by atoms with Crippen LogP contribution in [-0.4, -0.2) is 63.9 Å². The third kappa shape index (κ3) is 8.92. The number of nitrogens with one attached hydrogen (secondary N) is 2. The molecule has 1 saturated heterocycles. The zero-order chi connectivity index (χ0) is 21.6. The van der Waals surface area contributed by atoms with Crippen LogP contribution in [0.3, 0.4) is 0 Å². The average molecular weight is 419 g/mol. The normalized spacial score (nSPS) is 15.9. The van der Waals surface area contributed by atoms with E-state index in [1.165, 1.54) is 44.5 Å². The molecule has 2 N–H and O–H groups in total. The fraction of sp³-hybridized carbons (Fsp3) is 0.708. The van der Waals surface area contributed by atoms with Crippen molar-refractivity contribution in [2.45, 2.75) is 53.0 Å². The quantitative estimate of drug-likeness (QED) is 0.309. The van der Waals surface area contributed by atoms with Crippen LogP contribution in [0.15, 0.2) is 23.2 Å². The van der Waals surface area contributed by atoms with E-state index in [0.717, 1.165) is 42.7 Å². The molecule has 1 aromatic carbocycles. The number of benzene rings is 1. The molecule has 1 aliphatic rings. The lowest BCUT2D eigenvalue weighted by molar-refractivity contribution is 0.172. The van der Waals surface area contributed by atoms with Gasteiger partial charge in [0.15, 0.2) is 5.96 Å². The minimum Gasteiger partial charge on any atom is -0.493 e. The second-order valence-corrected chi connectivity index (χ2v) is 8.17. The summed E-state index contributed by atoms with van der Waals surface area (Å²) in [5, 5.41) is 6.94. The number of rotatable bonds is 12. The Bertz CT molecular complexity index is 628. The second-order valence-electron chi connectivity index (χ2n) is 8.17. The minimum absolute atomic E-state index is 0.601. The maximum absolute atomic E-state index is 6.00. The van der Waals surface area contributed by atoms with Crippen LogP contribution in [0.25, 0.3) is 0 Å². The fourth-order valence-corrected chi connectivity index (χ4v) is 3.79. The van der Waals surface area contributed by atoms with Crippen molar-refractivity contribution in [1.29, 1.82) is 0 Å². The predicted octanol–water partition coefficient (Wildman–Crippen LogP) is 3.59. The van der Waals surface area contributed by atoms with Crippen LogP contribution in [0.2, 0.25) is 0 Å². The van der Waals surface area contributed by atoms with Gasteiger partial charge in [0.2, 0.25) is 0 Å². The number of methoxy groups -OCH3 is 1. The Labute approximate surface area is 183 Å². The molecule has 1 aromatic rings. The van der Waals surface area contributed by atoms with Gasteiger partial charge in [-0.3, -0.25) is 0 Å². The molecule has 0 bridgehead atoms. The molecule has 2 rings (SSSR count). The van der Waals surface area contributed by atoms with Crippen LogP contribution in [0.4, 0.5) is 0 Å². The molecule has 0 atom stereocenters. The fourth-order valence-electron chi connectivity index (χ4n) is 3.79. The van der Waals surface area contributed by atoms with Gasteiger partial charge in [0.1, 0.15) is 5.75 Å². The largest absolute Gasteiger partial charge is 0.493 e. The first-order valence-corrected chi connectivity index (χ1v) is 11.6. The molecule has 0 aromatic heterocycles. The summed E-state index contributed by atoms with van der Waals surface area (Å²) in [6, 6.07) is 6.34. The summed E-state index contributed by atoms with van der Waals surface area (Å²) in [4.78, 5) is 7.41. The van der Waals surface area contributed by atoms with E-state index in [9.17, 15) is 0 Å². The summed E-state index contributed by atoms with van der Waals surface area (Å²) in [6.45, 7) is 14.0. The lowest BCUT2D eigenvalue weighted by atomic mass is 9.97. The van der Waals surface area contributed by atoms with Crippen molar-refractivity contribution in [2.24, 2.45) is 10.9 Å². The Balaban J connectivity index is 1.89. The number of likely N-dealkylation sites (tertiary alicyclic amines) is 1. The first-order valence-electron chi connectivity index (χ1n) is 11.6. The lowest BCUT2D eigenvalue weighted by Gasteiger charge is -2.32. The molecule has 0 unspecified atom stereocenters. The summed E-state index contributed by atoms with van der Waals surface area (Å²) in [5.41, 5.74) is 2.31. The van der Waals surface area contributed by atoms with Crippen molar-refractivity contribution in [2.75, 3.05) is 53.0 Å². The van der Waals surface area contributed by atoms with E-state index in [1.54, 1.807) is 7.11 Å². The Hall–Kier alpha value is -1.79. The Morgan fingerprint density at radius 2 is 1.97 bits per heavy atom. The molecule has 170 valence electrons. The highest BCUT2D eigenvalue weighted by molar-refractivity contribution is 5.79. The summed E-state index contributed by atoms with van der Waals surface area (Å²) in [6.07, 6.45) is 4.67. The molecule has 0 saturated carbocycles. The van der Waals surface area contributed by atoms with E-state index < -0.39 is 0 Å². The molecular formula is C24H42N4O2. The van der Waals surface area contributed by atoms with Crippen molar-refractivity contribution in [3.63, 3.8) is 0 Å². The maximum atomic E-state index is 6.00. The molecule has 6 nitrogen and oxygen atoms in total. The summed E-state index contributed by atoms with van der Waals surface area (Å²) in [7, 11) is 1.72. The van der Waals surface area contributed by atoms with E-state index in [2.05, 4.69) is 54.5 Å². The van der Waals surface area contributed by atoms with Crippen LogP contribution in [-0.2, 0) is 11.3 Å². The Morgan fingerprint density at radius 3 is 2.67 bits per heavy atom. The van der Waals surface area contributed by atoms with Crippen molar-refractivity contribution in [1.82, 2.24) is 15.5 Å². The zero-order valence-electron chi connectivity index (χ0n) is 19.5. The Morgan fingerprint density at radius 1 is 1.17 bits per heavy atom. The van der Waals surface area contributed by atoms with Gasteiger partial charge in [-0.1, -0.05) is 19.1 Å². The standard InChI is InChI=1S/C24H42N4O2/c1-5-12-28-13-10-21(11-14-28)18-26-24(25-6-2)27-19-22-9-8-20(3)17-23(22)30-16-7-15-29-4/h8-9,17,21H,5-7,10-16,18-19H2,1-4H3,(H2,25,26,27). The molecule has 6 heteroatoms. The molecule has 0 amide bonds. The van der Waals surface area contributed by atoms with Gasteiger partial charge in [0.05, 0.1) is 13.2 Å². The van der Waals surface area contributed by atoms with E-state index in [1.807, 2.05) is 0 Å². The smallest absolute Gasteiger partial charge is 0.191 e. The van der Waals surface area contributed by atoms with Crippen molar-refractivity contribution in [3.05, 3.63) is 29.3 Å². The van der Waals surface area contributed by atoms with Crippen LogP contribution in [0.5, 0.6) is 5.75 Å². The maximum Gasteiger partial charge on any atom is 0.191 e. The van der Waals surface area contributed by atoms with Crippen molar-refractivity contribution < 1.29 is 9.47 Å². The number of piperidine rings is 1. The highest BCUT2D eigenvalue weighted by Crippen LogP contribution is 2.22. The number of aliphatic imine (C=N–C) groups is 1. The monoisotopic (exact) mass is 418 g/mol. The van der Waals surface area contributed by atoms with Crippen LogP contribution in [0, 0.1) is 12.8 Å². The topological polar surface area (TPSA) is 58.1 Å². The predicted molar refractivity (Wildman–Crippen MR) is 125 cm³/mol. The molecule has 1 heterocycles. The molecule has 0 radical (unpaired) electrons. The second kappa shape index (κ2) is 14.3. The molecule has 30 heavy (non-hydrogen) atoms. The van der Waals surface area contributed by atoms with Gasteiger partial charge < -0.3 is 25.0 Å². The number of hydrogen-bond donors (Lipinski definition) is 2. The third-order valence-electron chi connectivity index (χ3n) is 5.53. The third-order valence-corrected chi connectivity index (χ3v) is 5.53. The molecule has 1 fully saturated rings. The van der Waals surface area contributed by atoms with Gasteiger partial charge in [0, 0.05) is 38.8 Å². The number of aryl methyl sites for hydroxylation is 1. The first kappa shape index (κ1) is 24.5. The van der Waals surface area contributed by atoms with Crippen molar-refractivity contribution >= 4 is 5.96 Å². The highest BCUT2D eigenvalue weighted by atomic mass is 16.5. The van der Waals surface area contributed by atoms with Crippen LogP contribution in [0.1, 0.15) is 50.7 Å². The zero-order valence-corrected chi connectivity index (χ0v) is 19.5. The number of hydrogen-bond acceptors (Lipinski definition) is 4. The molecule has 1 aliphatic heterocycles. The van der Waals surface area contributed by atoms with E-state index in [-0.39, 0.29) is 0 Å². The number of guanidine groups is 1. The minimum atomic E-state index is 0.601. The SMILES string of the molecule is CCCN1CCC(CNC(=NCc2ccc(C)cc2OCCCOC)NCC)CC1. The summed E-state index contributed by atoms with van der Waals surface area (Å²) >= 11 is 0.